The summed E-state index contributed by atoms with van der Waals surface area (Å²) in [7, 11) is 0. The van der Waals surface area contributed by atoms with Crippen molar-refractivity contribution in [1.29, 1.82) is 0 Å². The Hall–Kier alpha value is -2.28. The minimum absolute atomic E-state index is 0.0335. The number of piperazine rings is 1. The van der Waals surface area contributed by atoms with Crippen LogP contribution in [0.2, 0.25) is 0 Å². The fraction of sp³-hybridized carbons (Fsp3) is 0.667. The van der Waals surface area contributed by atoms with Gasteiger partial charge in [0, 0.05) is 68.0 Å². The monoisotopic (exact) mass is 424 g/mol. The van der Waals surface area contributed by atoms with E-state index in [2.05, 4.69) is 46.6 Å². The number of nitrogens with zero attached hydrogens (tertiary/aromatic N) is 5. The van der Waals surface area contributed by atoms with Crippen molar-refractivity contribution in [3.63, 3.8) is 0 Å². The Labute approximate surface area is 185 Å². The Bertz CT molecular complexity index is 922. The van der Waals surface area contributed by atoms with Gasteiger partial charge in [-0.3, -0.25) is 9.69 Å². The normalized spacial score (nSPS) is 18.2. The van der Waals surface area contributed by atoms with Gasteiger partial charge in [-0.05, 0) is 32.2 Å². The van der Waals surface area contributed by atoms with Gasteiger partial charge >= 0.3 is 0 Å². The largest absolute Gasteiger partial charge is 0.354 e. The number of unbranched alkanes of at least 4 members (excludes halogenated alkanes) is 1. The van der Waals surface area contributed by atoms with Crippen LogP contribution in [-0.4, -0.2) is 57.6 Å². The molecule has 1 aliphatic heterocycles. The fourth-order valence-electron chi connectivity index (χ4n) is 4.23. The molecule has 4 rings (SSSR count). The third-order valence-electron chi connectivity index (χ3n) is 6.48. The number of aromatic nitrogens is 4. The highest BCUT2D eigenvalue weighted by atomic mass is 16.1. The van der Waals surface area contributed by atoms with Crippen molar-refractivity contribution >= 4 is 5.82 Å². The topological polar surface area (TPSA) is 78.0 Å². The first kappa shape index (κ1) is 21.9. The second-order valence-electron chi connectivity index (χ2n) is 10.0. The number of nitrogens with one attached hydrogen (secondary N) is 1. The molecule has 0 radical (unpaired) electrons. The van der Waals surface area contributed by atoms with E-state index in [1.54, 1.807) is 6.20 Å². The number of anilines is 1. The van der Waals surface area contributed by atoms with E-state index < -0.39 is 0 Å². The zero-order valence-electron chi connectivity index (χ0n) is 19.2. The first-order valence-corrected chi connectivity index (χ1v) is 11.8. The molecule has 0 spiro atoms. The van der Waals surface area contributed by atoms with Crippen LogP contribution in [0.15, 0.2) is 23.1 Å². The molecule has 0 atom stereocenters. The van der Waals surface area contributed by atoms with Gasteiger partial charge in [-0.15, -0.1) is 0 Å². The summed E-state index contributed by atoms with van der Waals surface area (Å²) in [6, 6.07) is 3.71. The fourth-order valence-corrected chi connectivity index (χ4v) is 4.23. The summed E-state index contributed by atoms with van der Waals surface area (Å²) in [6.07, 6.45) is 8.42. The van der Waals surface area contributed by atoms with Gasteiger partial charge in [-0.2, -0.15) is 0 Å². The lowest BCUT2D eigenvalue weighted by Gasteiger charge is -2.36. The van der Waals surface area contributed by atoms with Gasteiger partial charge in [-0.1, -0.05) is 27.2 Å². The quantitative estimate of drug-likeness (QED) is 0.688. The number of hydrogen-bond acceptors (Lipinski definition) is 6. The predicted octanol–water partition coefficient (Wildman–Crippen LogP) is 3.27. The van der Waals surface area contributed by atoms with Crippen molar-refractivity contribution in [1.82, 2.24) is 24.8 Å². The third kappa shape index (κ3) is 5.70. The molecule has 168 valence electrons. The number of aromatic amines is 1. The van der Waals surface area contributed by atoms with Crippen LogP contribution < -0.4 is 10.5 Å². The predicted molar refractivity (Wildman–Crippen MR) is 124 cm³/mol. The van der Waals surface area contributed by atoms with E-state index in [9.17, 15) is 4.79 Å². The van der Waals surface area contributed by atoms with Crippen molar-refractivity contribution in [2.24, 2.45) is 0 Å². The molecule has 2 fully saturated rings. The summed E-state index contributed by atoms with van der Waals surface area (Å²) < 4.78 is 0. The van der Waals surface area contributed by atoms with Crippen molar-refractivity contribution in [3.05, 3.63) is 46.0 Å². The summed E-state index contributed by atoms with van der Waals surface area (Å²) >= 11 is 0. The van der Waals surface area contributed by atoms with Crippen LogP contribution in [0.3, 0.4) is 0 Å². The van der Waals surface area contributed by atoms with Gasteiger partial charge in [0.2, 0.25) is 0 Å². The van der Waals surface area contributed by atoms with E-state index in [0.717, 1.165) is 69.5 Å². The SMILES string of the molecule is CC(C)(C)c1nc(C2CCC2)cc(N2CCN(CCCCc3nccc(=O)[nH]3)CC2)n1. The van der Waals surface area contributed by atoms with Crippen LogP contribution in [0.1, 0.15) is 76.1 Å². The van der Waals surface area contributed by atoms with Gasteiger partial charge in [0.25, 0.3) is 5.56 Å². The Morgan fingerprint density at radius 1 is 1.10 bits per heavy atom. The zero-order valence-corrected chi connectivity index (χ0v) is 19.2. The van der Waals surface area contributed by atoms with E-state index in [-0.39, 0.29) is 11.0 Å². The lowest BCUT2D eigenvalue weighted by molar-refractivity contribution is 0.252. The number of aryl methyl sites for hydroxylation is 1. The van der Waals surface area contributed by atoms with Crippen LogP contribution in [0.25, 0.3) is 0 Å². The molecular formula is C24H36N6O. The second kappa shape index (κ2) is 9.47. The van der Waals surface area contributed by atoms with Gasteiger partial charge in [0.05, 0.1) is 0 Å². The first-order chi connectivity index (χ1) is 14.9. The Morgan fingerprint density at radius 2 is 1.87 bits per heavy atom. The molecule has 2 aliphatic rings. The molecule has 1 saturated heterocycles. The van der Waals surface area contributed by atoms with Crippen LogP contribution in [0, 0.1) is 0 Å². The molecule has 0 unspecified atom stereocenters. The standard InChI is InChI=1S/C24H36N6O/c1-24(2,3)23-26-19(18-7-6-8-18)17-21(28-23)30-15-13-29(14-16-30)12-5-4-9-20-25-11-10-22(31)27-20/h10-11,17-18H,4-9,12-16H2,1-3H3,(H,25,27,31). The lowest BCUT2D eigenvalue weighted by Crippen LogP contribution is -2.47. The number of rotatable bonds is 7. The lowest BCUT2D eigenvalue weighted by atomic mass is 9.82. The maximum atomic E-state index is 11.4. The highest BCUT2D eigenvalue weighted by Gasteiger charge is 2.27. The summed E-state index contributed by atoms with van der Waals surface area (Å²) in [5.74, 6) is 3.50. The highest BCUT2D eigenvalue weighted by Crippen LogP contribution is 2.37. The summed E-state index contributed by atoms with van der Waals surface area (Å²) in [6.45, 7) is 11.9. The summed E-state index contributed by atoms with van der Waals surface area (Å²) in [5, 5.41) is 0. The van der Waals surface area contributed by atoms with Gasteiger partial charge < -0.3 is 9.88 Å². The number of H-pyrrole nitrogens is 1. The van der Waals surface area contributed by atoms with Gasteiger partial charge in [0.15, 0.2) is 0 Å². The van der Waals surface area contributed by atoms with Gasteiger partial charge in [0.1, 0.15) is 17.5 Å². The second-order valence-corrected chi connectivity index (χ2v) is 10.0. The van der Waals surface area contributed by atoms with Crippen molar-refractivity contribution in [2.45, 2.75) is 70.6 Å². The third-order valence-corrected chi connectivity index (χ3v) is 6.48. The molecule has 1 aliphatic carbocycles. The van der Waals surface area contributed by atoms with Gasteiger partial charge in [-0.25, -0.2) is 15.0 Å². The summed E-state index contributed by atoms with van der Waals surface area (Å²) in [5.41, 5.74) is 1.14. The Kier molecular flexibility index (Phi) is 6.70. The van der Waals surface area contributed by atoms with Crippen molar-refractivity contribution in [2.75, 3.05) is 37.6 Å². The zero-order chi connectivity index (χ0) is 21.8. The minimum atomic E-state index is -0.0686. The van der Waals surface area contributed by atoms with E-state index in [4.69, 9.17) is 9.97 Å². The maximum absolute atomic E-state index is 11.4. The number of hydrogen-bond donors (Lipinski definition) is 1. The molecule has 31 heavy (non-hydrogen) atoms. The molecular weight excluding hydrogens is 388 g/mol. The molecule has 0 aromatic carbocycles. The molecule has 0 amide bonds. The Balaban J connectivity index is 1.29. The average Bonchev–Trinajstić information content (AvgIpc) is 2.70. The van der Waals surface area contributed by atoms with Crippen molar-refractivity contribution < 1.29 is 0 Å². The van der Waals surface area contributed by atoms with E-state index >= 15 is 0 Å². The molecule has 1 saturated carbocycles. The molecule has 2 aromatic heterocycles. The molecule has 2 aromatic rings. The molecule has 7 nitrogen and oxygen atoms in total. The Morgan fingerprint density at radius 3 is 2.52 bits per heavy atom. The molecule has 3 heterocycles. The van der Waals surface area contributed by atoms with Crippen LogP contribution in [0.4, 0.5) is 5.82 Å². The molecule has 0 bridgehead atoms. The van der Waals surface area contributed by atoms with Crippen LogP contribution in [-0.2, 0) is 11.8 Å². The van der Waals surface area contributed by atoms with Crippen LogP contribution >= 0.6 is 0 Å². The maximum Gasteiger partial charge on any atom is 0.250 e. The smallest absolute Gasteiger partial charge is 0.250 e. The average molecular weight is 425 g/mol. The molecule has 7 heteroatoms. The van der Waals surface area contributed by atoms with E-state index in [1.807, 2.05) is 0 Å². The molecule has 1 N–H and O–H groups in total. The van der Waals surface area contributed by atoms with Crippen LogP contribution in [0.5, 0.6) is 0 Å². The van der Waals surface area contributed by atoms with E-state index in [1.165, 1.54) is 31.0 Å². The summed E-state index contributed by atoms with van der Waals surface area (Å²) in [4.78, 5) is 33.3. The van der Waals surface area contributed by atoms with E-state index in [0.29, 0.717) is 5.92 Å². The minimum Gasteiger partial charge on any atom is -0.354 e. The highest BCUT2D eigenvalue weighted by molar-refractivity contribution is 5.42. The first-order valence-electron chi connectivity index (χ1n) is 11.8. The van der Waals surface area contributed by atoms with Crippen molar-refractivity contribution in [3.8, 4) is 0 Å².